The number of esters is 2. The lowest BCUT2D eigenvalue weighted by atomic mass is 10.2. The molecular weight excluding hydrogens is 420 g/mol. The van der Waals surface area contributed by atoms with E-state index in [4.69, 9.17) is 9.47 Å². The van der Waals surface area contributed by atoms with Crippen LogP contribution >= 0.6 is 0 Å². The second-order valence-electron chi connectivity index (χ2n) is 9.59. The Bertz CT molecular complexity index is 821. The third kappa shape index (κ3) is 10.8. The van der Waals surface area contributed by atoms with Crippen LogP contribution in [0, 0.1) is 6.92 Å². The van der Waals surface area contributed by atoms with E-state index in [0.29, 0.717) is 0 Å². The van der Waals surface area contributed by atoms with E-state index < -0.39 is 39.2 Å². The van der Waals surface area contributed by atoms with Gasteiger partial charge in [-0.15, -0.1) is 0 Å². The lowest BCUT2D eigenvalue weighted by Gasteiger charge is -2.30. The van der Waals surface area contributed by atoms with Gasteiger partial charge in [-0.2, -0.15) is 0 Å². The molecule has 9 heteroatoms. The molecule has 0 heterocycles. The first-order valence-corrected chi connectivity index (χ1v) is 11.7. The molecule has 0 aliphatic carbocycles. The molecule has 0 bridgehead atoms. The molecule has 176 valence electrons. The zero-order valence-corrected chi connectivity index (χ0v) is 20.6. The molecule has 0 spiro atoms. The standard InChI is InChI=1S/C22H36N2O6S/c1-16-9-11-18(12-10-16)31(27,28)23-13-17(2)24(14-19(25)29-21(3,4)5)15-20(26)30-22(6,7)8/h9-12,17,23H,13-15H2,1-8H3/t17-/m0/s1. The van der Waals surface area contributed by atoms with Crippen LogP contribution in [0.15, 0.2) is 29.2 Å². The molecule has 1 rings (SSSR count). The highest BCUT2D eigenvalue weighted by atomic mass is 32.2. The quantitative estimate of drug-likeness (QED) is 0.570. The minimum atomic E-state index is -3.73. The van der Waals surface area contributed by atoms with Crippen LogP contribution in [0.4, 0.5) is 0 Å². The Morgan fingerprint density at radius 2 is 1.35 bits per heavy atom. The van der Waals surface area contributed by atoms with E-state index in [9.17, 15) is 18.0 Å². The zero-order valence-electron chi connectivity index (χ0n) is 19.8. The number of benzene rings is 1. The second-order valence-corrected chi connectivity index (χ2v) is 11.4. The van der Waals surface area contributed by atoms with Gasteiger partial charge in [-0.05, 0) is 67.5 Å². The van der Waals surface area contributed by atoms with Gasteiger partial charge in [0.05, 0.1) is 18.0 Å². The van der Waals surface area contributed by atoms with Crippen molar-refractivity contribution in [3.63, 3.8) is 0 Å². The maximum Gasteiger partial charge on any atom is 0.320 e. The van der Waals surface area contributed by atoms with Crippen molar-refractivity contribution in [3.8, 4) is 0 Å². The maximum absolute atomic E-state index is 12.6. The number of carbonyl (C=O) groups excluding carboxylic acids is 2. The van der Waals surface area contributed by atoms with Crippen molar-refractivity contribution in [2.45, 2.75) is 77.5 Å². The van der Waals surface area contributed by atoms with Gasteiger partial charge in [-0.3, -0.25) is 14.5 Å². The van der Waals surface area contributed by atoms with Gasteiger partial charge in [0.1, 0.15) is 11.2 Å². The molecule has 8 nitrogen and oxygen atoms in total. The van der Waals surface area contributed by atoms with Crippen LogP contribution in [0.2, 0.25) is 0 Å². The summed E-state index contributed by atoms with van der Waals surface area (Å²) in [6.45, 7) is 13.8. The van der Waals surface area contributed by atoms with Crippen molar-refractivity contribution in [1.29, 1.82) is 0 Å². The van der Waals surface area contributed by atoms with Gasteiger partial charge >= 0.3 is 11.9 Å². The van der Waals surface area contributed by atoms with Crippen molar-refractivity contribution >= 4 is 22.0 Å². The smallest absolute Gasteiger partial charge is 0.320 e. The molecule has 0 amide bonds. The number of aryl methyl sites for hydroxylation is 1. The SMILES string of the molecule is Cc1ccc(S(=O)(=O)NC[C@H](C)N(CC(=O)OC(C)(C)C)CC(=O)OC(C)(C)C)cc1. The van der Waals surface area contributed by atoms with Crippen molar-refractivity contribution in [3.05, 3.63) is 29.8 Å². The van der Waals surface area contributed by atoms with Crippen molar-refractivity contribution in [1.82, 2.24) is 9.62 Å². The van der Waals surface area contributed by atoms with E-state index in [-0.39, 0.29) is 24.5 Å². The molecule has 0 fully saturated rings. The molecule has 1 N–H and O–H groups in total. The van der Waals surface area contributed by atoms with Gasteiger partial charge < -0.3 is 9.47 Å². The predicted octanol–water partition coefficient (Wildman–Crippen LogP) is 2.65. The Kier molecular flexibility index (Phi) is 9.22. The van der Waals surface area contributed by atoms with E-state index in [2.05, 4.69) is 4.72 Å². The summed E-state index contributed by atoms with van der Waals surface area (Å²) in [5.74, 6) is -1.02. The fourth-order valence-electron chi connectivity index (χ4n) is 2.61. The fraction of sp³-hybridized carbons (Fsp3) is 0.636. The highest BCUT2D eigenvalue weighted by Crippen LogP contribution is 2.13. The van der Waals surface area contributed by atoms with E-state index in [1.807, 2.05) is 6.92 Å². The number of rotatable bonds is 9. The van der Waals surface area contributed by atoms with E-state index >= 15 is 0 Å². The summed E-state index contributed by atoms with van der Waals surface area (Å²) in [4.78, 5) is 26.4. The summed E-state index contributed by atoms with van der Waals surface area (Å²) in [5, 5.41) is 0. The first-order chi connectivity index (χ1) is 14.0. The van der Waals surface area contributed by atoms with Crippen LogP contribution in [0.1, 0.15) is 54.0 Å². The number of sulfonamides is 1. The van der Waals surface area contributed by atoms with Crippen LogP contribution < -0.4 is 4.72 Å². The average Bonchev–Trinajstić information content (AvgIpc) is 2.56. The monoisotopic (exact) mass is 456 g/mol. The largest absolute Gasteiger partial charge is 0.459 e. The first-order valence-electron chi connectivity index (χ1n) is 10.2. The van der Waals surface area contributed by atoms with Crippen molar-refractivity contribution in [2.75, 3.05) is 19.6 Å². The maximum atomic E-state index is 12.6. The molecule has 31 heavy (non-hydrogen) atoms. The van der Waals surface area contributed by atoms with Crippen molar-refractivity contribution < 1.29 is 27.5 Å². The molecule has 0 saturated carbocycles. The Labute approximate surface area is 186 Å². The van der Waals surface area contributed by atoms with Crippen molar-refractivity contribution in [2.24, 2.45) is 0 Å². The minimum Gasteiger partial charge on any atom is -0.459 e. The van der Waals surface area contributed by atoms with E-state index in [1.165, 1.54) is 12.1 Å². The highest BCUT2D eigenvalue weighted by molar-refractivity contribution is 7.89. The molecule has 0 unspecified atom stereocenters. The summed E-state index contributed by atoms with van der Waals surface area (Å²) in [6, 6.07) is 6.02. The number of nitrogens with zero attached hydrogens (tertiary/aromatic N) is 1. The van der Waals surface area contributed by atoms with Crippen LogP contribution in [-0.4, -0.2) is 62.1 Å². The molecule has 1 aromatic carbocycles. The Balaban J connectivity index is 2.90. The van der Waals surface area contributed by atoms with E-state index in [1.54, 1.807) is 65.5 Å². The minimum absolute atomic E-state index is 0.00179. The third-order valence-corrected chi connectivity index (χ3v) is 5.47. The highest BCUT2D eigenvalue weighted by Gasteiger charge is 2.27. The van der Waals surface area contributed by atoms with Gasteiger partial charge in [-0.1, -0.05) is 17.7 Å². The summed E-state index contributed by atoms with van der Waals surface area (Å²) in [5.41, 5.74) is -0.399. The second kappa shape index (κ2) is 10.6. The Morgan fingerprint density at radius 1 is 0.935 bits per heavy atom. The lowest BCUT2D eigenvalue weighted by molar-refractivity contribution is -0.160. The Morgan fingerprint density at radius 3 is 1.74 bits per heavy atom. The summed E-state index contributed by atoms with van der Waals surface area (Å²) in [6.07, 6.45) is 0. The molecule has 1 atom stereocenters. The van der Waals surface area contributed by atoms with Gasteiger partial charge in [0.25, 0.3) is 0 Å². The summed E-state index contributed by atoms with van der Waals surface area (Å²) >= 11 is 0. The molecule has 1 aromatic rings. The molecule has 0 aromatic heterocycles. The predicted molar refractivity (Wildman–Crippen MR) is 119 cm³/mol. The average molecular weight is 457 g/mol. The molecule has 0 radical (unpaired) electrons. The fourth-order valence-corrected chi connectivity index (χ4v) is 3.73. The van der Waals surface area contributed by atoms with Gasteiger partial charge in [0.15, 0.2) is 0 Å². The van der Waals surface area contributed by atoms with E-state index in [0.717, 1.165) is 5.56 Å². The lowest BCUT2D eigenvalue weighted by Crippen LogP contribution is -2.48. The Hall–Kier alpha value is -1.97. The topological polar surface area (TPSA) is 102 Å². The van der Waals surface area contributed by atoms with Gasteiger partial charge in [0.2, 0.25) is 10.0 Å². The molecule has 0 aliphatic heterocycles. The number of hydrogen-bond donors (Lipinski definition) is 1. The molecule has 0 saturated heterocycles. The van der Waals surface area contributed by atoms with Crippen LogP contribution in [0.25, 0.3) is 0 Å². The molecular formula is C22H36N2O6S. The molecule has 0 aliphatic rings. The van der Waals surface area contributed by atoms with Crippen LogP contribution in [0.5, 0.6) is 0 Å². The normalized spacial score (nSPS) is 13.7. The number of ether oxygens (including phenoxy) is 2. The summed E-state index contributed by atoms with van der Waals surface area (Å²) < 4.78 is 38.4. The zero-order chi connectivity index (χ0) is 24.0. The first kappa shape index (κ1) is 27.1. The number of nitrogens with one attached hydrogen (secondary N) is 1. The van der Waals surface area contributed by atoms with Gasteiger partial charge in [-0.25, -0.2) is 13.1 Å². The van der Waals surface area contributed by atoms with Gasteiger partial charge in [0, 0.05) is 12.6 Å². The number of carbonyl (C=O) groups is 2. The van der Waals surface area contributed by atoms with Crippen LogP contribution in [-0.2, 0) is 29.1 Å². The summed E-state index contributed by atoms with van der Waals surface area (Å²) in [7, 11) is -3.73. The van der Waals surface area contributed by atoms with Crippen LogP contribution in [0.3, 0.4) is 0 Å². The number of hydrogen-bond acceptors (Lipinski definition) is 7. The third-order valence-electron chi connectivity index (χ3n) is 4.03.